The molecule has 2 amide bonds. The summed E-state index contributed by atoms with van der Waals surface area (Å²) in [5.41, 5.74) is 2.88. The van der Waals surface area contributed by atoms with E-state index in [1.165, 1.54) is 0 Å². The molecule has 0 unspecified atom stereocenters. The second-order valence-corrected chi connectivity index (χ2v) is 7.13. The number of hydrogen-bond donors (Lipinski definition) is 2. The molecule has 158 valence electrons. The molecule has 0 bridgehead atoms. The minimum atomic E-state index is -0.197. The van der Waals surface area contributed by atoms with Crippen LogP contribution in [0, 0.1) is 0 Å². The number of ether oxygens (including phenoxy) is 2. The molecular weight excluding hydrogens is 382 g/mol. The number of nitrogens with one attached hydrogen (secondary N) is 2. The zero-order valence-corrected chi connectivity index (χ0v) is 17.1. The van der Waals surface area contributed by atoms with Crippen molar-refractivity contribution in [1.82, 2.24) is 4.90 Å². The van der Waals surface area contributed by atoms with Gasteiger partial charge in [-0.3, -0.25) is 9.59 Å². The number of carbonyl (C=O) groups excluding carboxylic acids is 2. The van der Waals surface area contributed by atoms with Crippen molar-refractivity contribution in [1.29, 1.82) is 0 Å². The first-order chi connectivity index (χ1) is 14.5. The van der Waals surface area contributed by atoms with Crippen LogP contribution >= 0.6 is 0 Å². The van der Waals surface area contributed by atoms with Gasteiger partial charge in [-0.1, -0.05) is 18.7 Å². The van der Waals surface area contributed by atoms with Gasteiger partial charge < -0.3 is 25.0 Å². The smallest absolute Gasteiger partial charge is 0.254 e. The van der Waals surface area contributed by atoms with Crippen LogP contribution in [0.3, 0.4) is 0 Å². The SMILES string of the molecule is C=C(C)COc1ccccc1NCC(=O)Nc1ccc(C(=O)N2CCOCC2)cc1. The number of para-hydroxylation sites is 2. The lowest BCUT2D eigenvalue weighted by Crippen LogP contribution is -2.40. The third kappa shape index (κ3) is 6.09. The number of rotatable bonds is 8. The predicted molar refractivity (Wildman–Crippen MR) is 117 cm³/mol. The van der Waals surface area contributed by atoms with E-state index in [1.807, 2.05) is 31.2 Å². The fourth-order valence-corrected chi connectivity index (χ4v) is 2.97. The van der Waals surface area contributed by atoms with Crippen molar-refractivity contribution in [3.05, 3.63) is 66.2 Å². The normalized spacial score (nSPS) is 13.4. The van der Waals surface area contributed by atoms with Crippen molar-refractivity contribution in [2.45, 2.75) is 6.92 Å². The molecule has 1 aliphatic heterocycles. The highest BCUT2D eigenvalue weighted by atomic mass is 16.5. The zero-order chi connectivity index (χ0) is 21.3. The van der Waals surface area contributed by atoms with Crippen LogP contribution in [0.2, 0.25) is 0 Å². The van der Waals surface area contributed by atoms with Gasteiger partial charge in [-0.15, -0.1) is 0 Å². The molecule has 0 atom stereocenters. The number of nitrogens with zero attached hydrogens (tertiary/aromatic N) is 1. The Hall–Kier alpha value is -3.32. The molecule has 2 N–H and O–H groups in total. The van der Waals surface area contributed by atoms with Gasteiger partial charge in [0, 0.05) is 24.3 Å². The standard InChI is InChI=1S/C23H27N3O4/c1-17(2)16-30-21-6-4-3-5-20(21)24-15-22(27)25-19-9-7-18(8-10-19)23(28)26-11-13-29-14-12-26/h3-10,24H,1,11-16H2,2H3,(H,25,27). The molecule has 30 heavy (non-hydrogen) atoms. The zero-order valence-electron chi connectivity index (χ0n) is 17.1. The Morgan fingerprint density at radius 2 is 1.80 bits per heavy atom. The van der Waals surface area contributed by atoms with E-state index in [2.05, 4.69) is 17.2 Å². The van der Waals surface area contributed by atoms with E-state index in [9.17, 15) is 9.59 Å². The fraction of sp³-hybridized carbons (Fsp3) is 0.304. The highest BCUT2D eigenvalue weighted by Crippen LogP contribution is 2.24. The van der Waals surface area contributed by atoms with Gasteiger partial charge in [0.1, 0.15) is 12.4 Å². The van der Waals surface area contributed by atoms with E-state index in [-0.39, 0.29) is 18.4 Å². The first-order valence-corrected chi connectivity index (χ1v) is 9.90. The summed E-state index contributed by atoms with van der Waals surface area (Å²) in [5.74, 6) is 0.445. The van der Waals surface area contributed by atoms with Crippen LogP contribution in [0.5, 0.6) is 5.75 Å². The van der Waals surface area contributed by atoms with Crippen molar-refractivity contribution in [3.63, 3.8) is 0 Å². The Bertz CT molecular complexity index is 890. The number of hydrogen-bond acceptors (Lipinski definition) is 5. The van der Waals surface area contributed by atoms with Crippen molar-refractivity contribution >= 4 is 23.2 Å². The van der Waals surface area contributed by atoms with E-state index in [0.717, 1.165) is 11.3 Å². The average Bonchev–Trinajstić information content (AvgIpc) is 2.77. The predicted octanol–water partition coefficient (Wildman–Crippen LogP) is 3.16. The molecule has 1 saturated heterocycles. The Morgan fingerprint density at radius 1 is 1.10 bits per heavy atom. The van der Waals surface area contributed by atoms with Crippen LogP contribution in [-0.2, 0) is 9.53 Å². The summed E-state index contributed by atoms with van der Waals surface area (Å²) >= 11 is 0. The lowest BCUT2D eigenvalue weighted by Gasteiger charge is -2.26. The molecule has 1 fully saturated rings. The van der Waals surface area contributed by atoms with Gasteiger partial charge in [0.05, 0.1) is 25.4 Å². The lowest BCUT2D eigenvalue weighted by atomic mass is 10.1. The van der Waals surface area contributed by atoms with E-state index < -0.39 is 0 Å². The van der Waals surface area contributed by atoms with Gasteiger partial charge in [0.25, 0.3) is 5.91 Å². The summed E-state index contributed by atoms with van der Waals surface area (Å²) < 4.78 is 11.0. The summed E-state index contributed by atoms with van der Waals surface area (Å²) in [6, 6.07) is 14.4. The van der Waals surface area contributed by atoms with Gasteiger partial charge in [-0.25, -0.2) is 0 Å². The van der Waals surface area contributed by atoms with Gasteiger partial charge in [-0.2, -0.15) is 0 Å². The maximum absolute atomic E-state index is 12.5. The van der Waals surface area contributed by atoms with Crippen molar-refractivity contribution < 1.29 is 19.1 Å². The summed E-state index contributed by atoms with van der Waals surface area (Å²) in [5, 5.41) is 5.92. The van der Waals surface area contributed by atoms with E-state index in [4.69, 9.17) is 9.47 Å². The molecule has 0 aliphatic carbocycles. The molecular formula is C23H27N3O4. The molecule has 0 aromatic heterocycles. The Morgan fingerprint density at radius 3 is 2.50 bits per heavy atom. The molecule has 7 heteroatoms. The van der Waals surface area contributed by atoms with Crippen LogP contribution in [0.4, 0.5) is 11.4 Å². The van der Waals surface area contributed by atoms with E-state index in [0.29, 0.717) is 49.9 Å². The topological polar surface area (TPSA) is 79.9 Å². The average molecular weight is 409 g/mol. The van der Waals surface area contributed by atoms with Crippen LogP contribution in [0.15, 0.2) is 60.7 Å². The number of anilines is 2. The highest BCUT2D eigenvalue weighted by molar-refractivity contribution is 5.96. The molecule has 2 aromatic carbocycles. The van der Waals surface area contributed by atoms with E-state index >= 15 is 0 Å². The molecule has 0 saturated carbocycles. The first kappa shape index (κ1) is 21.4. The van der Waals surface area contributed by atoms with Gasteiger partial charge in [0.15, 0.2) is 0 Å². The number of benzene rings is 2. The van der Waals surface area contributed by atoms with Crippen molar-refractivity contribution in [2.75, 3.05) is 50.1 Å². The maximum Gasteiger partial charge on any atom is 0.254 e. The third-order valence-corrected chi connectivity index (χ3v) is 4.51. The lowest BCUT2D eigenvalue weighted by molar-refractivity contribution is -0.114. The largest absolute Gasteiger partial charge is 0.487 e. The number of morpholine rings is 1. The first-order valence-electron chi connectivity index (χ1n) is 9.90. The minimum Gasteiger partial charge on any atom is -0.487 e. The molecule has 0 spiro atoms. The second-order valence-electron chi connectivity index (χ2n) is 7.13. The Kier molecular flexibility index (Phi) is 7.45. The molecule has 1 heterocycles. The molecule has 0 radical (unpaired) electrons. The van der Waals surface area contributed by atoms with Crippen LogP contribution in [0.25, 0.3) is 0 Å². The quantitative estimate of drug-likeness (QED) is 0.655. The van der Waals surface area contributed by atoms with E-state index in [1.54, 1.807) is 29.2 Å². The molecule has 3 rings (SSSR count). The van der Waals surface area contributed by atoms with Crippen molar-refractivity contribution in [3.8, 4) is 5.75 Å². The number of carbonyl (C=O) groups is 2. The minimum absolute atomic E-state index is 0.0239. The molecule has 2 aromatic rings. The third-order valence-electron chi connectivity index (χ3n) is 4.51. The van der Waals surface area contributed by atoms with Gasteiger partial charge in [-0.05, 0) is 48.9 Å². The monoisotopic (exact) mass is 409 g/mol. The van der Waals surface area contributed by atoms with Gasteiger partial charge in [0.2, 0.25) is 5.91 Å². The van der Waals surface area contributed by atoms with Crippen LogP contribution in [-0.4, -0.2) is 56.2 Å². The fourth-order valence-electron chi connectivity index (χ4n) is 2.97. The summed E-state index contributed by atoms with van der Waals surface area (Å²) in [4.78, 5) is 26.6. The van der Waals surface area contributed by atoms with Gasteiger partial charge >= 0.3 is 0 Å². The summed E-state index contributed by atoms with van der Waals surface area (Å²) in [6.45, 7) is 8.54. The Labute approximate surface area is 176 Å². The Balaban J connectivity index is 1.52. The summed E-state index contributed by atoms with van der Waals surface area (Å²) in [6.07, 6.45) is 0. The van der Waals surface area contributed by atoms with Crippen molar-refractivity contribution in [2.24, 2.45) is 0 Å². The molecule has 1 aliphatic rings. The number of amides is 2. The highest BCUT2D eigenvalue weighted by Gasteiger charge is 2.18. The molecule has 7 nitrogen and oxygen atoms in total. The second kappa shape index (κ2) is 10.5. The van der Waals surface area contributed by atoms with Crippen LogP contribution < -0.4 is 15.4 Å². The summed E-state index contributed by atoms with van der Waals surface area (Å²) in [7, 11) is 0. The van der Waals surface area contributed by atoms with Crippen LogP contribution in [0.1, 0.15) is 17.3 Å². The maximum atomic E-state index is 12.5.